The predicted molar refractivity (Wildman–Crippen MR) is 315 cm³/mol. The molecule has 6 aromatic rings. The van der Waals surface area contributed by atoms with Gasteiger partial charge in [-0.05, 0) is 0 Å². The first kappa shape index (κ1) is 60.5. The third-order valence-electron chi connectivity index (χ3n) is 16.5. The number of carboxylic acids is 2. The van der Waals surface area contributed by atoms with Gasteiger partial charge in [-0.15, -0.1) is 0 Å². The molecule has 1 aliphatic rings. The van der Waals surface area contributed by atoms with Crippen LogP contribution in [0.2, 0.25) is 9.00 Å². The monoisotopic (exact) mass is 1190 g/mol. The average molecular weight is 1190 g/mol. The number of carbonyl (C=O) groups is 8. The van der Waals surface area contributed by atoms with Gasteiger partial charge in [0.05, 0.1) is 0 Å². The van der Waals surface area contributed by atoms with Crippen molar-refractivity contribution in [3.8, 4) is 0 Å². The number of hydrogen-bond donors (Lipinski definition) is 0. The van der Waals surface area contributed by atoms with Gasteiger partial charge in [-0.2, -0.15) is 0 Å². The van der Waals surface area contributed by atoms with E-state index in [1.165, 1.54) is 0 Å². The van der Waals surface area contributed by atoms with Crippen molar-refractivity contribution >= 4 is 66.2 Å². The topological polar surface area (TPSA) is 183 Å². The zero-order chi connectivity index (χ0) is 59.7. The average Bonchev–Trinajstić information content (AvgIpc) is 3.30. The fourth-order valence-corrected chi connectivity index (χ4v) is 40.5. The molecule has 0 aromatic heterocycles. The van der Waals surface area contributed by atoms with E-state index >= 15 is 38.7 Å². The van der Waals surface area contributed by atoms with Gasteiger partial charge in [0, 0.05) is 0 Å². The molecule has 7 rings (SSSR count). The zero-order valence-corrected chi connectivity index (χ0v) is 53.5. The van der Waals surface area contributed by atoms with Crippen molar-refractivity contribution in [1.29, 1.82) is 0 Å². The molecule has 0 saturated heterocycles. The van der Waals surface area contributed by atoms with E-state index in [1.54, 1.807) is 177 Å². The Morgan fingerprint density at radius 2 is 0.537 bits per heavy atom. The van der Waals surface area contributed by atoms with Crippen molar-refractivity contribution in [2.75, 3.05) is 0 Å². The van der Waals surface area contributed by atoms with Gasteiger partial charge in [-0.3, -0.25) is 0 Å². The van der Waals surface area contributed by atoms with E-state index in [-0.39, 0.29) is 33.4 Å². The van der Waals surface area contributed by atoms with Crippen LogP contribution in [0.5, 0.6) is 0 Å². The van der Waals surface area contributed by atoms with Crippen molar-refractivity contribution in [2.24, 2.45) is 0 Å². The fraction of sp³-hybridized carbons (Fsp3) is 0.294. The van der Waals surface area contributed by atoms with Crippen LogP contribution in [-0.2, 0) is 9.59 Å². The standard InChI is InChI=1S/C68H72Ge2O10/c1-34-21-40(7)54(41(8)22-34)60(71)69(61(72)55-42(9)23-35(2)24-43(55)10,62(73)56-44(11)25-36(3)26-45(56)12)53-33-52(66(77)78)19-20-68(53,67(79)80)70(63(74)57-46(13)27-37(4)28-47(57)14,64(75)58-48(15)29-38(5)30-49(58)16)65(76)59-50(17)31-39(6)32-51(59)18/h19-33,53H,1-18H3,(H,77,78)(H,79,80)/p-2. The summed E-state index contributed by atoms with van der Waals surface area (Å²) in [4.78, 5) is 136. The van der Waals surface area contributed by atoms with Crippen molar-refractivity contribution in [1.82, 2.24) is 0 Å². The summed E-state index contributed by atoms with van der Waals surface area (Å²) >= 11 is -14.7. The third kappa shape index (κ3) is 9.59. The number of hydrogen-bond acceptors (Lipinski definition) is 10. The Morgan fingerprint density at radius 3 is 0.725 bits per heavy atom. The van der Waals surface area contributed by atoms with Crippen LogP contribution in [-0.4, -0.2) is 66.2 Å². The van der Waals surface area contributed by atoms with Crippen LogP contribution < -0.4 is 10.2 Å². The zero-order valence-electron chi connectivity index (χ0n) is 49.3. The van der Waals surface area contributed by atoms with Gasteiger partial charge >= 0.3 is 478 Å². The number of rotatable bonds is 16. The number of carboxylic acid groups (broad SMARTS) is 2. The molecule has 1 aliphatic carbocycles. The molecule has 0 N–H and O–H groups in total. The predicted octanol–water partition coefficient (Wildman–Crippen LogP) is 11.1. The molecular weight excluding hydrogens is 1120 g/mol. The number of aryl methyl sites for hydroxylation is 18. The molecule has 0 aliphatic heterocycles. The molecule has 6 aromatic carbocycles. The van der Waals surface area contributed by atoms with Crippen LogP contribution in [0.15, 0.2) is 96.6 Å². The number of carbonyl (C=O) groups excluding carboxylic acids is 8. The minimum atomic E-state index is -7.49. The van der Waals surface area contributed by atoms with Crippen molar-refractivity contribution < 1.29 is 48.6 Å². The number of aliphatic carboxylic acids is 2. The second-order valence-electron chi connectivity index (χ2n) is 23.1. The fourth-order valence-electron chi connectivity index (χ4n) is 14.0. The van der Waals surface area contributed by atoms with E-state index in [0.717, 1.165) is 34.9 Å². The first-order valence-electron chi connectivity index (χ1n) is 26.8. The van der Waals surface area contributed by atoms with Gasteiger partial charge in [0.15, 0.2) is 0 Å². The SMILES string of the molecule is Cc1cc(C)c([C](=O)[Ge]([C](=O)c2c(C)cc(C)cc2C)([C](=O)c2c(C)cc(C)cc2C)[CH]2C=C(C(=O)[O-])C=C[C]2(C(=O)[O-])[Ge]([C](=O)c2c(C)cc(C)cc2C)([C](=O)c2c(C)cc(C)cc2C)[C](=O)c2c(C)cc(C)cc2C)c(C)c1. The molecule has 2 atom stereocenters. The van der Waals surface area contributed by atoms with Crippen LogP contribution in [0.3, 0.4) is 0 Å². The maximum atomic E-state index is 17.6. The first-order chi connectivity index (χ1) is 37.2. The molecule has 0 fully saturated rings. The van der Waals surface area contributed by atoms with Crippen molar-refractivity contribution in [3.05, 3.63) is 230 Å². The van der Waals surface area contributed by atoms with Crippen LogP contribution in [0.25, 0.3) is 0 Å². The normalized spacial score (nSPS) is 15.3. The molecule has 0 saturated carbocycles. The maximum absolute atomic E-state index is 17.6. The van der Waals surface area contributed by atoms with Gasteiger partial charge in [0.2, 0.25) is 0 Å². The molecule has 10 nitrogen and oxygen atoms in total. The van der Waals surface area contributed by atoms with Gasteiger partial charge in [0.1, 0.15) is 0 Å². The molecule has 0 bridgehead atoms. The summed E-state index contributed by atoms with van der Waals surface area (Å²) in [6.07, 6.45) is 2.66. The van der Waals surface area contributed by atoms with Crippen LogP contribution in [0.4, 0.5) is 0 Å². The molecule has 0 heterocycles. The molecule has 0 spiro atoms. The Bertz CT molecular complexity index is 3370. The van der Waals surface area contributed by atoms with Crippen LogP contribution in [0, 0.1) is 125 Å². The molecule has 0 amide bonds. The van der Waals surface area contributed by atoms with E-state index < -0.39 is 80.7 Å². The number of benzene rings is 6. The van der Waals surface area contributed by atoms with Gasteiger partial charge in [-0.1, -0.05) is 0 Å². The van der Waals surface area contributed by atoms with Gasteiger partial charge < -0.3 is 0 Å². The Kier molecular flexibility index (Phi) is 16.7. The molecular formula is C68H70Ge2O10-2. The van der Waals surface area contributed by atoms with E-state index in [9.17, 15) is 9.90 Å². The van der Waals surface area contributed by atoms with Crippen LogP contribution >= 0.6 is 0 Å². The molecule has 0 radical (unpaired) electrons. The molecule has 80 heavy (non-hydrogen) atoms. The van der Waals surface area contributed by atoms with Crippen molar-refractivity contribution in [3.63, 3.8) is 0 Å². The van der Waals surface area contributed by atoms with Crippen LogP contribution in [0.1, 0.15) is 162 Å². The minimum absolute atomic E-state index is 0.0879. The summed E-state index contributed by atoms with van der Waals surface area (Å²) in [6.45, 7) is 30.4. The van der Waals surface area contributed by atoms with Gasteiger partial charge in [-0.25, -0.2) is 0 Å². The number of allylic oxidation sites excluding steroid dienone is 1. The summed E-state index contributed by atoms with van der Waals surface area (Å²) in [7, 11) is 0. The van der Waals surface area contributed by atoms with E-state index in [2.05, 4.69) is 0 Å². The third-order valence-corrected chi connectivity index (χ3v) is 37.1. The summed E-state index contributed by atoms with van der Waals surface area (Å²) in [5, 5.41) is 30.1. The molecule has 412 valence electrons. The van der Waals surface area contributed by atoms with Crippen molar-refractivity contribution in [2.45, 2.75) is 134 Å². The first-order valence-corrected chi connectivity index (χ1v) is 35.4. The van der Waals surface area contributed by atoms with Gasteiger partial charge in [0.25, 0.3) is 0 Å². The molecule has 12 heteroatoms. The summed E-state index contributed by atoms with van der Waals surface area (Å²) in [5.41, 5.74) is 6.64. The quantitative estimate of drug-likeness (QED) is 0.0845. The summed E-state index contributed by atoms with van der Waals surface area (Å²) in [6, 6.07) is 20.4. The summed E-state index contributed by atoms with van der Waals surface area (Å²) in [5.74, 6) is -4.08. The second-order valence-corrected chi connectivity index (χ2v) is 38.3. The Labute approximate surface area is 475 Å². The molecule has 2 unspecified atom stereocenters. The second kappa shape index (κ2) is 22.1. The summed E-state index contributed by atoms with van der Waals surface area (Å²) < 4.78 is -12.5. The van der Waals surface area contributed by atoms with E-state index in [0.29, 0.717) is 83.5 Å². The van der Waals surface area contributed by atoms with E-state index in [4.69, 9.17) is 0 Å². The Hall–Kier alpha value is -7.15. The Morgan fingerprint density at radius 1 is 0.338 bits per heavy atom. The Balaban J connectivity index is 1.95. The van der Waals surface area contributed by atoms with E-state index in [1.807, 2.05) is 20.8 Å².